The second-order valence-electron chi connectivity index (χ2n) is 6.97. The monoisotopic (exact) mass is 433 g/mol. The number of nitrogens with zero attached hydrogens (tertiary/aromatic N) is 2. The molecule has 0 aromatic heterocycles. The zero-order chi connectivity index (χ0) is 22.1. The maximum atomic E-state index is 13.3. The van der Waals surface area contributed by atoms with Crippen LogP contribution in [0.3, 0.4) is 0 Å². The Labute approximate surface area is 182 Å². The first-order chi connectivity index (χ1) is 14.8. The normalized spacial score (nSPS) is 13.7. The van der Waals surface area contributed by atoms with E-state index in [1.807, 2.05) is 19.1 Å². The van der Waals surface area contributed by atoms with Crippen molar-refractivity contribution in [3.8, 4) is 0 Å². The molecule has 3 aromatic rings. The van der Waals surface area contributed by atoms with E-state index in [0.29, 0.717) is 22.0 Å². The summed E-state index contributed by atoms with van der Waals surface area (Å²) in [7, 11) is 0. The predicted molar refractivity (Wildman–Crippen MR) is 119 cm³/mol. The second-order valence-corrected chi connectivity index (χ2v) is 7.41. The highest BCUT2D eigenvalue weighted by Crippen LogP contribution is 2.35. The number of non-ortho nitro benzene ring substituents is 1. The van der Waals surface area contributed by atoms with E-state index >= 15 is 0 Å². The van der Waals surface area contributed by atoms with Gasteiger partial charge in [-0.3, -0.25) is 19.7 Å². The summed E-state index contributed by atoms with van der Waals surface area (Å²) in [6.45, 7) is 1.94. The first-order valence-corrected chi connectivity index (χ1v) is 9.70. The third-order valence-corrected chi connectivity index (χ3v) is 5.07. The third kappa shape index (κ3) is 3.91. The van der Waals surface area contributed by atoms with Crippen LogP contribution in [-0.4, -0.2) is 16.7 Å². The molecule has 0 saturated heterocycles. The molecule has 31 heavy (non-hydrogen) atoms. The van der Waals surface area contributed by atoms with Crippen molar-refractivity contribution in [3.05, 3.63) is 105 Å². The largest absolute Gasteiger partial charge is 0.350 e. The third-order valence-electron chi connectivity index (χ3n) is 4.84. The van der Waals surface area contributed by atoms with Gasteiger partial charge in [0.15, 0.2) is 0 Å². The molecule has 1 aliphatic heterocycles. The van der Waals surface area contributed by atoms with E-state index in [-0.39, 0.29) is 17.0 Å². The number of hydrogen-bond acceptors (Lipinski definition) is 5. The molecule has 1 aliphatic rings. The molecule has 0 radical (unpaired) electrons. The molecule has 3 aromatic carbocycles. The zero-order valence-corrected chi connectivity index (χ0v) is 17.1. The summed E-state index contributed by atoms with van der Waals surface area (Å²) in [6.07, 6.45) is 0. The van der Waals surface area contributed by atoms with Crippen molar-refractivity contribution in [3.63, 3.8) is 0 Å². The lowest BCUT2D eigenvalue weighted by atomic mass is 10.0. The van der Waals surface area contributed by atoms with Gasteiger partial charge < -0.3 is 5.32 Å². The van der Waals surface area contributed by atoms with Gasteiger partial charge in [0.05, 0.1) is 16.2 Å². The van der Waals surface area contributed by atoms with E-state index in [4.69, 9.17) is 11.6 Å². The maximum absolute atomic E-state index is 13.3. The standard InChI is InChI=1S/C23H16ClN3O4/c1-14-5-9-17(10-6-14)25-21-20(15-7-11-18(12-8-15)27(30)31)22(28)26(23(21)29)19-4-2-3-16(24)13-19/h2-13,25H,1H3. The smallest absolute Gasteiger partial charge is 0.282 e. The number of anilines is 2. The number of carbonyl (C=O) groups is 2. The van der Waals surface area contributed by atoms with Gasteiger partial charge in [-0.2, -0.15) is 0 Å². The lowest BCUT2D eigenvalue weighted by Gasteiger charge is -2.15. The lowest BCUT2D eigenvalue weighted by molar-refractivity contribution is -0.384. The molecule has 0 bridgehead atoms. The fourth-order valence-electron chi connectivity index (χ4n) is 3.29. The Morgan fingerprint density at radius 3 is 2.23 bits per heavy atom. The van der Waals surface area contributed by atoms with Gasteiger partial charge in [-0.1, -0.05) is 35.4 Å². The highest BCUT2D eigenvalue weighted by Gasteiger charge is 2.40. The summed E-state index contributed by atoms with van der Waals surface area (Å²) in [5.41, 5.74) is 2.51. The summed E-state index contributed by atoms with van der Waals surface area (Å²) in [5, 5.41) is 14.4. The quantitative estimate of drug-likeness (QED) is 0.349. The van der Waals surface area contributed by atoms with Crippen molar-refractivity contribution in [2.24, 2.45) is 0 Å². The molecular formula is C23H16ClN3O4. The summed E-state index contributed by atoms with van der Waals surface area (Å²) in [6, 6.07) is 19.3. The van der Waals surface area contributed by atoms with E-state index in [0.717, 1.165) is 10.5 Å². The Morgan fingerprint density at radius 2 is 1.61 bits per heavy atom. The Hall–Kier alpha value is -3.97. The predicted octanol–water partition coefficient (Wildman–Crippen LogP) is 4.95. The van der Waals surface area contributed by atoms with Gasteiger partial charge in [0, 0.05) is 22.8 Å². The van der Waals surface area contributed by atoms with E-state index in [2.05, 4.69) is 5.32 Å². The van der Waals surface area contributed by atoms with Gasteiger partial charge in [0.1, 0.15) is 5.70 Å². The number of aryl methyl sites for hydroxylation is 1. The number of halogens is 1. The molecule has 4 rings (SSSR count). The van der Waals surface area contributed by atoms with Crippen LogP contribution in [0.4, 0.5) is 17.1 Å². The van der Waals surface area contributed by atoms with Crippen LogP contribution in [0, 0.1) is 17.0 Å². The topological polar surface area (TPSA) is 92.6 Å². The molecule has 0 spiro atoms. The van der Waals surface area contributed by atoms with Crippen molar-refractivity contribution in [1.29, 1.82) is 0 Å². The number of hydrogen-bond donors (Lipinski definition) is 1. The zero-order valence-electron chi connectivity index (χ0n) is 16.3. The van der Waals surface area contributed by atoms with Crippen LogP contribution in [0.2, 0.25) is 5.02 Å². The van der Waals surface area contributed by atoms with Gasteiger partial charge in [-0.25, -0.2) is 4.90 Å². The van der Waals surface area contributed by atoms with Crippen molar-refractivity contribution in [2.45, 2.75) is 6.92 Å². The number of benzene rings is 3. The van der Waals surface area contributed by atoms with Gasteiger partial charge in [0.25, 0.3) is 17.5 Å². The Balaban J connectivity index is 1.82. The molecule has 0 fully saturated rings. The molecular weight excluding hydrogens is 418 g/mol. The molecule has 0 aliphatic carbocycles. The van der Waals surface area contributed by atoms with Crippen LogP contribution in [0.15, 0.2) is 78.5 Å². The van der Waals surface area contributed by atoms with Crippen molar-refractivity contribution < 1.29 is 14.5 Å². The van der Waals surface area contributed by atoms with Gasteiger partial charge >= 0.3 is 0 Å². The van der Waals surface area contributed by atoms with E-state index < -0.39 is 16.7 Å². The SMILES string of the molecule is Cc1ccc(NC2=C(c3ccc([N+](=O)[O-])cc3)C(=O)N(c3cccc(Cl)c3)C2=O)cc1. The number of nitro groups is 1. The first kappa shape index (κ1) is 20.3. The van der Waals surface area contributed by atoms with Gasteiger partial charge in [-0.05, 0) is 55.0 Å². The Bertz CT molecular complexity index is 1230. The van der Waals surface area contributed by atoms with E-state index in [9.17, 15) is 19.7 Å². The van der Waals surface area contributed by atoms with Gasteiger partial charge in [0.2, 0.25) is 0 Å². The highest BCUT2D eigenvalue weighted by molar-refractivity contribution is 6.46. The summed E-state index contributed by atoms with van der Waals surface area (Å²) < 4.78 is 0. The van der Waals surface area contributed by atoms with Crippen LogP contribution in [-0.2, 0) is 9.59 Å². The Morgan fingerprint density at radius 1 is 0.935 bits per heavy atom. The molecule has 8 heteroatoms. The number of nitrogens with one attached hydrogen (secondary N) is 1. The minimum Gasteiger partial charge on any atom is -0.350 e. The van der Waals surface area contributed by atoms with Gasteiger partial charge in [-0.15, -0.1) is 0 Å². The molecule has 0 unspecified atom stereocenters. The number of rotatable bonds is 5. The Kier molecular flexibility index (Phi) is 5.27. The fraction of sp³-hybridized carbons (Fsp3) is 0.0435. The van der Waals surface area contributed by atoms with Crippen LogP contribution in [0.1, 0.15) is 11.1 Å². The lowest BCUT2D eigenvalue weighted by Crippen LogP contribution is -2.32. The van der Waals surface area contributed by atoms with Crippen molar-refractivity contribution in [1.82, 2.24) is 0 Å². The van der Waals surface area contributed by atoms with Crippen molar-refractivity contribution in [2.75, 3.05) is 10.2 Å². The number of nitro benzene ring substituents is 1. The van der Waals surface area contributed by atoms with Crippen LogP contribution in [0.5, 0.6) is 0 Å². The molecule has 0 atom stereocenters. The molecule has 2 amide bonds. The summed E-state index contributed by atoms with van der Waals surface area (Å²) in [5.74, 6) is -1.09. The van der Waals surface area contributed by atoms with Crippen LogP contribution >= 0.6 is 11.6 Å². The highest BCUT2D eigenvalue weighted by atomic mass is 35.5. The molecule has 154 valence electrons. The minimum atomic E-state index is -0.546. The summed E-state index contributed by atoms with van der Waals surface area (Å²) >= 11 is 6.06. The van der Waals surface area contributed by atoms with Crippen LogP contribution in [0.25, 0.3) is 5.57 Å². The second kappa shape index (κ2) is 8.04. The van der Waals surface area contributed by atoms with E-state index in [1.165, 1.54) is 30.3 Å². The summed E-state index contributed by atoms with van der Waals surface area (Å²) in [4.78, 5) is 38.1. The minimum absolute atomic E-state index is 0.0858. The molecule has 1 heterocycles. The fourth-order valence-corrected chi connectivity index (χ4v) is 3.48. The maximum Gasteiger partial charge on any atom is 0.282 e. The number of amides is 2. The first-order valence-electron chi connectivity index (χ1n) is 9.32. The van der Waals surface area contributed by atoms with E-state index in [1.54, 1.807) is 30.3 Å². The van der Waals surface area contributed by atoms with Crippen LogP contribution < -0.4 is 10.2 Å². The average molecular weight is 434 g/mol. The molecule has 7 nitrogen and oxygen atoms in total. The average Bonchev–Trinajstić information content (AvgIpc) is 2.99. The molecule has 0 saturated carbocycles. The van der Waals surface area contributed by atoms with Crippen molar-refractivity contribution >= 4 is 46.1 Å². The molecule has 1 N–H and O–H groups in total. The number of imide groups is 1. The number of carbonyl (C=O) groups excluding carboxylic acids is 2.